The largest absolute Gasteiger partial charge is 0.350 e. The number of primary amides is 1. The van der Waals surface area contributed by atoms with Gasteiger partial charge in [0.05, 0.1) is 6.54 Å². The van der Waals surface area contributed by atoms with Gasteiger partial charge in [0.15, 0.2) is 0 Å². The summed E-state index contributed by atoms with van der Waals surface area (Å²) in [7, 11) is 0. The molecule has 2 N–H and O–H groups in total. The van der Waals surface area contributed by atoms with Crippen LogP contribution in [0.15, 0.2) is 17.5 Å². The Bertz CT molecular complexity index is 453. The Morgan fingerprint density at radius 3 is 2.65 bits per heavy atom. The van der Waals surface area contributed by atoms with E-state index in [1.165, 1.54) is 5.01 Å². The number of carbonyl (C=O) groups excluding carboxylic acids is 1. The number of rotatable bonds is 2. The molecule has 2 rings (SSSR count). The number of nitrogens with zero attached hydrogens (tertiary/aromatic N) is 4. The molecule has 0 bridgehead atoms. The van der Waals surface area contributed by atoms with Gasteiger partial charge in [-0.15, -0.1) is 0 Å². The fourth-order valence-electron chi connectivity index (χ4n) is 1.76. The van der Waals surface area contributed by atoms with E-state index in [9.17, 15) is 4.79 Å². The number of hydrogen-bond donors (Lipinski definition) is 1. The Morgan fingerprint density at radius 1 is 1.47 bits per heavy atom. The lowest BCUT2D eigenvalue weighted by Crippen LogP contribution is -2.29. The van der Waals surface area contributed by atoms with Gasteiger partial charge in [-0.25, -0.2) is 19.8 Å². The van der Waals surface area contributed by atoms with E-state index in [2.05, 4.69) is 15.1 Å². The molecule has 0 saturated carbocycles. The maximum atomic E-state index is 11.0. The van der Waals surface area contributed by atoms with Gasteiger partial charge in [0, 0.05) is 30.4 Å². The lowest BCUT2D eigenvalue weighted by atomic mass is 9.97. The van der Waals surface area contributed by atoms with Gasteiger partial charge in [0.2, 0.25) is 0 Å². The van der Waals surface area contributed by atoms with Gasteiger partial charge >= 0.3 is 6.03 Å². The minimum absolute atomic E-state index is 0.111. The van der Waals surface area contributed by atoms with Crippen molar-refractivity contribution in [3.05, 3.63) is 23.8 Å². The zero-order valence-electron chi connectivity index (χ0n) is 9.92. The summed E-state index contributed by atoms with van der Waals surface area (Å²) in [6, 6.07) is -0.507. The first-order valence-electron chi connectivity index (χ1n) is 5.51. The molecule has 90 valence electrons. The van der Waals surface area contributed by atoms with E-state index in [1.807, 2.05) is 13.8 Å². The molecule has 17 heavy (non-hydrogen) atoms. The molecule has 1 aliphatic heterocycles. The highest BCUT2D eigenvalue weighted by Gasteiger charge is 2.23. The molecule has 6 nitrogen and oxygen atoms in total. The van der Waals surface area contributed by atoms with Crippen molar-refractivity contribution >= 4 is 11.7 Å². The second-order valence-electron chi connectivity index (χ2n) is 4.09. The van der Waals surface area contributed by atoms with Crippen LogP contribution in [0.1, 0.15) is 30.7 Å². The Morgan fingerprint density at radius 2 is 2.12 bits per heavy atom. The number of urea groups is 1. The van der Waals surface area contributed by atoms with Gasteiger partial charge in [-0.05, 0) is 12.5 Å². The zero-order valence-corrected chi connectivity index (χ0v) is 9.92. The van der Waals surface area contributed by atoms with Crippen LogP contribution in [0.4, 0.5) is 4.79 Å². The van der Waals surface area contributed by atoms with Gasteiger partial charge in [0.25, 0.3) is 0 Å². The minimum Gasteiger partial charge on any atom is -0.350 e. The molecular weight excluding hydrogens is 218 g/mol. The molecule has 0 radical (unpaired) electrons. The lowest BCUT2D eigenvalue weighted by Gasteiger charge is -2.10. The van der Waals surface area contributed by atoms with Crippen molar-refractivity contribution in [1.82, 2.24) is 15.0 Å². The Kier molecular flexibility index (Phi) is 3.03. The third kappa shape index (κ3) is 2.41. The summed E-state index contributed by atoms with van der Waals surface area (Å²) in [6.45, 7) is 4.43. The van der Waals surface area contributed by atoms with Crippen molar-refractivity contribution in [2.45, 2.75) is 26.2 Å². The van der Waals surface area contributed by atoms with Crippen molar-refractivity contribution in [3.8, 4) is 0 Å². The fourth-order valence-corrected chi connectivity index (χ4v) is 1.76. The van der Waals surface area contributed by atoms with Crippen LogP contribution >= 0.6 is 0 Å². The Labute approximate surface area is 99.5 Å². The molecule has 0 spiro atoms. The van der Waals surface area contributed by atoms with Crippen LogP contribution in [0.25, 0.3) is 0 Å². The van der Waals surface area contributed by atoms with Crippen LogP contribution in [0.2, 0.25) is 0 Å². The number of nitrogens with two attached hydrogens (primary N) is 1. The standard InChI is InChI=1S/C11H15N5O/c1-7(9-5-13-8(2)14-6-9)10-3-4-16(15-10)11(12)17/h5-7H,3-4H2,1-2H3,(H2,12,17)/t7-/m1/s1. The predicted octanol–water partition coefficient (Wildman–Crippen LogP) is 1.03. The summed E-state index contributed by atoms with van der Waals surface area (Å²) >= 11 is 0. The molecular formula is C11H15N5O. The third-order valence-corrected chi connectivity index (χ3v) is 2.88. The van der Waals surface area contributed by atoms with Crippen LogP contribution in [0, 0.1) is 6.92 Å². The van der Waals surface area contributed by atoms with Crippen molar-refractivity contribution in [1.29, 1.82) is 0 Å². The van der Waals surface area contributed by atoms with Crippen LogP contribution in [0.3, 0.4) is 0 Å². The van der Waals surface area contributed by atoms with Gasteiger partial charge in [-0.3, -0.25) is 0 Å². The molecule has 1 aliphatic rings. The topological polar surface area (TPSA) is 84.5 Å². The molecule has 0 unspecified atom stereocenters. The highest BCUT2D eigenvalue weighted by molar-refractivity contribution is 5.93. The van der Waals surface area contributed by atoms with Crippen LogP contribution in [-0.4, -0.2) is 33.3 Å². The van der Waals surface area contributed by atoms with E-state index in [4.69, 9.17) is 5.73 Å². The van der Waals surface area contributed by atoms with Crippen molar-refractivity contribution in [3.63, 3.8) is 0 Å². The average Bonchev–Trinajstić information content (AvgIpc) is 2.78. The maximum Gasteiger partial charge on any atom is 0.335 e. The Balaban J connectivity index is 2.16. The van der Waals surface area contributed by atoms with Crippen LogP contribution in [-0.2, 0) is 0 Å². The SMILES string of the molecule is Cc1ncc([C@@H](C)C2=NN(C(N)=O)CC2)cn1. The van der Waals surface area contributed by atoms with E-state index in [1.54, 1.807) is 12.4 Å². The predicted molar refractivity (Wildman–Crippen MR) is 63.5 cm³/mol. The fraction of sp³-hybridized carbons (Fsp3) is 0.455. The van der Waals surface area contributed by atoms with Crippen molar-refractivity contribution in [2.75, 3.05) is 6.54 Å². The highest BCUT2D eigenvalue weighted by atomic mass is 16.2. The normalized spacial score (nSPS) is 16.8. The van der Waals surface area contributed by atoms with Gasteiger partial charge < -0.3 is 5.73 Å². The number of aryl methyl sites for hydroxylation is 1. The summed E-state index contributed by atoms with van der Waals surface area (Å²) in [6.07, 6.45) is 4.34. The zero-order chi connectivity index (χ0) is 12.4. The average molecular weight is 233 g/mol. The van der Waals surface area contributed by atoms with Gasteiger partial charge in [-0.2, -0.15) is 5.10 Å². The first kappa shape index (κ1) is 11.5. The second-order valence-corrected chi connectivity index (χ2v) is 4.09. The second kappa shape index (κ2) is 4.48. The summed E-state index contributed by atoms with van der Waals surface area (Å²) in [5.74, 6) is 0.855. The first-order chi connectivity index (χ1) is 8.08. The quantitative estimate of drug-likeness (QED) is 0.827. The third-order valence-electron chi connectivity index (χ3n) is 2.88. The molecule has 1 aromatic heterocycles. The molecule has 2 amide bonds. The molecule has 6 heteroatoms. The number of carbonyl (C=O) groups is 1. The number of aromatic nitrogens is 2. The molecule has 1 aromatic rings. The molecule has 0 fully saturated rings. The van der Waals surface area contributed by atoms with E-state index < -0.39 is 6.03 Å². The minimum atomic E-state index is -0.507. The van der Waals surface area contributed by atoms with Crippen molar-refractivity contribution in [2.24, 2.45) is 10.8 Å². The molecule has 2 heterocycles. The smallest absolute Gasteiger partial charge is 0.335 e. The molecule has 1 atom stereocenters. The highest BCUT2D eigenvalue weighted by Crippen LogP contribution is 2.21. The Hall–Kier alpha value is -1.98. The van der Waals surface area contributed by atoms with E-state index in [-0.39, 0.29) is 5.92 Å². The van der Waals surface area contributed by atoms with Crippen LogP contribution in [0.5, 0.6) is 0 Å². The van der Waals surface area contributed by atoms with E-state index in [0.29, 0.717) is 6.54 Å². The number of hydrogen-bond acceptors (Lipinski definition) is 4. The van der Waals surface area contributed by atoms with E-state index >= 15 is 0 Å². The number of amides is 2. The van der Waals surface area contributed by atoms with Gasteiger partial charge in [0.1, 0.15) is 5.82 Å². The molecule has 0 aliphatic carbocycles. The summed E-state index contributed by atoms with van der Waals surface area (Å²) in [5, 5.41) is 5.50. The van der Waals surface area contributed by atoms with E-state index in [0.717, 1.165) is 23.5 Å². The lowest BCUT2D eigenvalue weighted by molar-refractivity contribution is 0.215. The van der Waals surface area contributed by atoms with Gasteiger partial charge in [-0.1, -0.05) is 6.92 Å². The van der Waals surface area contributed by atoms with Crippen LogP contribution < -0.4 is 5.73 Å². The summed E-state index contributed by atoms with van der Waals surface area (Å²) in [4.78, 5) is 19.3. The number of hydrazone groups is 1. The molecule has 0 saturated heterocycles. The first-order valence-corrected chi connectivity index (χ1v) is 5.51. The maximum absolute atomic E-state index is 11.0. The summed E-state index contributed by atoms with van der Waals surface area (Å²) < 4.78 is 0. The molecule has 0 aromatic carbocycles. The van der Waals surface area contributed by atoms with Crippen molar-refractivity contribution < 1.29 is 4.79 Å². The monoisotopic (exact) mass is 233 g/mol. The summed E-state index contributed by atoms with van der Waals surface area (Å²) in [5.41, 5.74) is 7.12.